The molecule has 0 spiro atoms. The van der Waals surface area contributed by atoms with Crippen molar-refractivity contribution in [3.8, 4) is 11.4 Å². The van der Waals surface area contributed by atoms with Crippen molar-refractivity contribution in [2.24, 2.45) is 5.73 Å². The summed E-state index contributed by atoms with van der Waals surface area (Å²) in [5.74, 6) is 0.327. The molecule has 3 N–H and O–H groups in total. The number of nitrogens with one attached hydrogen (secondary N) is 1. The number of hydrogen-bond acceptors (Lipinski definition) is 4. The minimum Gasteiger partial charge on any atom is -0.484 e. The minimum absolute atomic E-state index is 0.0477. The van der Waals surface area contributed by atoms with Gasteiger partial charge in [0.25, 0.3) is 0 Å². The summed E-state index contributed by atoms with van der Waals surface area (Å²) >= 11 is 0. The fourth-order valence-electron chi connectivity index (χ4n) is 3.78. The molecular weight excluding hydrogens is 419 g/mol. The quantitative estimate of drug-likeness (QED) is 0.396. The monoisotopic (exact) mass is 446 g/mol. The highest BCUT2D eigenvalue weighted by atomic mass is 19.1. The first-order valence-corrected chi connectivity index (χ1v) is 11.0. The molecule has 0 saturated heterocycles. The number of nitrogens with two attached hydrogens (primary N) is 1. The van der Waals surface area contributed by atoms with E-state index in [1.807, 2.05) is 55.5 Å². The predicted molar refractivity (Wildman–Crippen MR) is 127 cm³/mol. The molecule has 6 nitrogen and oxygen atoms in total. The molecule has 0 fully saturated rings. The van der Waals surface area contributed by atoms with Crippen LogP contribution >= 0.6 is 0 Å². The topological polar surface area (TPSA) is 82.2 Å². The number of carbonyl (C=O) groups is 1. The van der Waals surface area contributed by atoms with Gasteiger partial charge >= 0.3 is 0 Å². The molecule has 0 aliphatic heterocycles. The maximum Gasteiger partial charge on any atom is 0.220 e. The van der Waals surface area contributed by atoms with Gasteiger partial charge in [-0.2, -0.15) is 5.10 Å². The van der Waals surface area contributed by atoms with Gasteiger partial charge in [-0.05, 0) is 67.9 Å². The Balaban J connectivity index is 1.58. The molecule has 170 valence electrons. The summed E-state index contributed by atoms with van der Waals surface area (Å²) in [5.41, 5.74) is 8.14. The van der Waals surface area contributed by atoms with E-state index in [1.54, 1.807) is 23.0 Å². The lowest BCUT2D eigenvalue weighted by atomic mass is 10.0. The molecule has 4 aromatic rings. The second kappa shape index (κ2) is 10.3. The Hall–Kier alpha value is -3.71. The molecule has 0 radical (unpaired) electrons. The Morgan fingerprint density at radius 1 is 1.12 bits per heavy atom. The Labute approximate surface area is 192 Å². The van der Waals surface area contributed by atoms with Crippen LogP contribution in [0.4, 0.5) is 4.39 Å². The van der Waals surface area contributed by atoms with E-state index in [0.717, 1.165) is 22.2 Å². The number of nitrogens with zero attached hydrogens (tertiary/aromatic N) is 2. The van der Waals surface area contributed by atoms with Gasteiger partial charge in [0.15, 0.2) is 0 Å². The van der Waals surface area contributed by atoms with Crippen LogP contribution < -0.4 is 15.8 Å². The van der Waals surface area contributed by atoms with Crippen LogP contribution in [0.15, 0.2) is 79.0 Å². The van der Waals surface area contributed by atoms with Crippen LogP contribution in [0.25, 0.3) is 16.6 Å². The SMILES string of the molecule is CC(NC(=O)CCCN)C(Oc1ccc2c(cnn2-c2ccc(F)cc2)c1)c1ccccc1. The van der Waals surface area contributed by atoms with Crippen molar-refractivity contribution in [1.29, 1.82) is 0 Å². The molecule has 0 aliphatic carbocycles. The first-order valence-electron chi connectivity index (χ1n) is 11.0. The highest BCUT2D eigenvalue weighted by Crippen LogP contribution is 2.29. The van der Waals surface area contributed by atoms with Crippen LogP contribution in [-0.2, 0) is 4.79 Å². The van der Waals surface area contributed by atoms with E-state index in [0.29, 0.717) is 25.1 Å². The lowest BCUT2D eigenvalue weighted by Crippen LogP contribution is -2.39. The van der Waals surface area contributed by atoms with Gasteiger partial charge in [0.1, 0.15) is 17.7 Å². The summed E-state index contributed by atoms with van der Waals surface area (Å²) in [4.78, 5) is 12.3. The van der Waals surface area contributed by atoms with E-state index in [1.165, 1.54) is 12.1 Å². The van der Waals surface area contributed by atoms with Crippen molar-refractivity contribution < 1.29 is 13.9 Å². The third-order valence-electron chi connectivity index (χ3n) is 5.45. The first kappa shape index (κ1) is 22.5. The van der Waals surface area contributed by atoms with Gasteiger partial charge in [-0.25, -0.2) is 9.07 Å². The van der Waals surface area contributed by atoms with Crippen molar-refractivity contribution in [3.05, 3.63) is 90.4 Å². The molecule has 3 aromatic carbocycles. The van der Waals surface area contributed by atoms with E-state index in [-0.39, 0.29) is 23.9 Å². The Bertz CT molecular complexity index is 1210. The molecule has 0 saturated carbocycles. The lowest BCUT2D eigenvalue weighted by molar-refractivity contribution is -0.122. The molecule has 33 heavy (non-hydrogen) atoms. The zero-order valence-corrected chi connectivity index (χ0v) is 18.4. The van der Waals surface area contributed by atoms with Crippen LogP contribution in [-0.4, -0.2) is 28.3 Å². The van der Waals surface area contributed by atoms with Crippen LogP contribution in [0.2, 0.25) is 0 Å². The number of benzene rings is 3. The third kappa shape index (κ3) is 5.38. The molecule has 1 amide bonds. The first-order chi connectivity index (χ1) is 16.0. The van der Waals surface area contributed by atoms with Gasteiger partial charge in [-0.3, -0.25) is 4.79 Å². The Kier molecular flexibility index (Phi) is 7.00. The van der Waals surface area contributed by atoms with Crippen LogP contribution in [0.1, 0.15) is 31.4 Å². The summed E-state index contributed by atoms with van der Waals surface area (Å²) in [6.07, 6.45) is 2.40. The smallest absolute Gasteiger partial charge is 0.220 e. The van der Waals surface area contributed by atoms with Gasteiger partial charge in [0.2, 0.25) is 5.91 Å². The highest BCUT2D eigenvalue weighted by molar-refractivity contribution is 5.81. The van der Waals surface area contributed by atoms with E-state index >= 15 is 0 Å². The summed E-state index contributed by atoms with van der Waals surface area (Å²) < 4.78 is 21.4. The second-order valence-corrected chi connectivity index (χ2v) is 7.95. The van der Waals surface area contributed by atoms with E-state index in [4.69, 9.17) is 10.5 Å². The Morgan fingerprint density at radius 3 is 2.61 bits per heavy atom. The van der Waals surface area contributed by atoms with Gasteiger partial charge in [0, 0.05) is 11.8 Å². The van der Waals surface area contributed by atoms with Crippen LogP contribution in [0, 0.1) is 5.82 Å². The highest BCUT2D eigenvalue weighted by Gasteiger charge is 2.23. The van der Waals surface area contributed by atoms with Crippen LogP contribution in [0.3, 0.4) is 0 Å². The van der Waals surface area contributed by atoms with Crippen LogP contribution in [0.5, 0.6) is 5.75 Å². The number of rotatable bonds is 9. The van der Waals surface area contributed by atoms with Gasteiger partial charge in [-0.1, -0.05) is 30.3 Å². The van der Waals surface area contributed by atoms with E-state index in [2.05, 4.69) is 10.4 Å². The predicted octanol–water partition coefficient (Wildman–Crippen LogP) is 4.53. The Morgan fingerprint density at radius 2 is 1.88 bits per heavy atom. The molecule has 2 atom stereocenters. The molecule has 4 rings (SSSR count). The van der Waals surface area contributed by atoms with Gasteiger partial charge in [-0.15, -0.1) is 0 Å². The minimum atomic E-state index is -0.377. The maximum atomic E-state index is 13.3. The molecule has 2 unspecified atom stereocenters. The second-order valence-electron chi connectivity index (χ2n) is 7.95. The molecule has 1 heterocycles. The molecular formula is C26H27FN4O2. The largest absolute Gasteiger partial charge is 0.484 e. The molecule has 0 aliphatic rings. The molecule has 0 bridgehead atoms. The fourth-order valence-corrected chi connectivity index (χ4v) is 3.78. The zero-order chi connectivity index (χ0) is 23.2. The summed E-state index contributed by atoms with van der Waals surface area (Å²) in [6, 6.07) is 21.5. The van der Waals surface area contributed by atoms with Crippen molar-refractivity contribution in [3.63, 3.8) is 0 Å². The molecule has 1 aromatic heterocycles. The average Bonchev–Trinajstić information content (AvgIpc) is 3.25. The van der Waals surface area contributed by atoms with Crippen molar-refractivity contribution in [2.45, 2.75) is 31.9 Å². The van der Waals surface area contributed by atoms with Crippen molar-refractivity contribution in [1.82, 2.24) is 15.1 Å². The number of halogens is 1. The maximum absolute atomic E-state index is 13.3. The number of amides is 1. The number of hydrogen-bond donors (Lipinski definition) is 2. The lowest BCUT2D eigenvalue weighted by Gasteiger charge is -2.26. The third-order valence-corrected chi connectivity index (χ3v) is 5.45. The number of ether oxygens (including phenoxy) is 1. The zero-order valence-electron chi connectivity index (χ0n) is 18.4. The van der Waals surface area contributed by atoms with Gasteiger partial charge in [0.05, 0.1) is 23.4 Å². The normalized spacial score (nSPS) is 12.9. The van der Waals surface area contributed by atoms with E-state index in [9.17, 15) is 9.18 Å². The number of aromatic nitrogens is 2. The van der Waals surface area contributed by atoms with E-state index < -0.39 is 0 Å². The number of fused-ring (bicyclic) bond motifs is 1. The summed E-state index contributed by atoms with van der Waals surface area (Å²) in [5, 5.41) is 8.37. The standard InChI is InChI=1S/C26H27FN4O2/c1-18(30-25(32)8-5-15-28)26(19-6-3-2-4-7-19)33-23-13-14-24-20(16-23)17-29-31(24)22-11-9-21(27)10-12-22/h2-4,6-7,9-14,16-18,26H,5,8,15,28H2,1H3,(H,30,32). The average molecular weight is 447 g/mol. The van der Waals surface area contributed by atoms with Gasteiger partial charge < -0.3 is 15.8 Å². The van der Waals surface area contributed by atoms with Crippen molar-refractivity contribution in [2.75, 3.05) is 6.54 Å². The summed E-state index contributed by atoms with van der Waals surface area (Å²) in [7, 11) is 0. The number of carbonyl (C=O) groups excluding carboxylic acids is 1. The fraction of sp³-hybridized carbons (Fsp3) is 0.231. The van der Waals surface area contributed by atoms with Crippen molar-refractivity contribution >= 4 is 16.8 Å². The summed E-state index contributed by atoms with van der Waals surface area (Å²) in [6.45, 7) is 2.41. The molecule has 7 heteroatoms.